The van der Waals surface area contributed by atoms with Gasteiger partial charge in [-0.15, -0.1) is 0 Å². The van der Waals surface area contributed by atoms with Gasteiger partial charge in [-0.25, -0.2) is 0 Å². The van der Waals surface area contributed by atoms with Crippen LogP contribution in [-0.2, 0) is 28.4 Å². The molecule has 9 N–H and O–H groups in total. The summed E-state index contributed by atoms with van der Waals surface area (Å²) in [6, 6.07) is 0. The van der Waals surface area contributed by atoms with Crippen molar-refractivity contribution >= 4 is 0 Å². The third-order valence-electron chi connectivity index (χ3n) is 16.2. The van der Waals surface area contributed by atoms with Crippen molar-refractivity contribution in [3.8, 4) is 0 Å². The molecule has 304 valence electrons. The Labute approximate surface area is 310 Å². The molecule has 4 aliphatic heterocycles. The number of hydrogen-bond donors (Lipinski definition) is 9. The maximum absolute atomic E-state index is 12.5. The lowest BCUT2D eigenvalue weighted by Gasteiger charge is -2.68. The Morgan fingerprint density at radius 3 is 2.19 bits per heavy atom. The van der Waals surface area contributed by atoms with E-state index in [0.29, 0.717) is 24.9 Å². The molecule has 15 heteroatoms. The second-order valence-electron chi connectivity index (χ2n) is 18.5. The largest absolute Gasteiger partial charge is 0.394 e. The van der Waals surface area contributed by atoms with Crippen LogP contribution in [0.5, 0.6) is 0 Å². The SMILES string of the molecule is CC1CCC2(OC1)OC1CC3C4CCC5(O[C@H]6OC[C@H](O)[C@H](O)[C@H]6O)[C@@H](O)[C@@H](O[C@@H]6O[C@H](CO)[C@@H](O)[C@H](O)[C@H]6O)C[C@@H](O)C5(C)C4CCC3(C)C1C2C. The first-order valence-electron chi connectivity index (χ1n) is 20.0. The molecule has 0 bridgehead atoms. The third kappa shape index (κ3) is 5.62. The fraction of sp³-hybridized carbons (Fsp3) is 1.00. The van der Waals surface area contributed by atoms with Gasteiger partial charge < -0.3 is 74.4 Å². The molecule has 0 radical (unpaired) electrons. The number of fused-ring (bicyclic) bond motifs is 7. The molecule has 0 aromatic rings. The van der Waals surface area contributed by atoms with Gasteiger partial charge in [0.2, 0.25) is 0 Å². The van der Waals surface area contributed by atoms with Gasteiger partial charge in [-0.1, -0.05) is 27.7 Å². The minimum atomic E-state index is -1.73. The zero-order valence-corrected chi connectivity index (χ0v) is 31.2. The number of ether oxygens (including phenoxy) is 6. The topological polar surface area (TPSA) is 237 Å². The summed E-state index contributed by atoms with van der Waals surface area (Å²) < 4.78 is 37.7. The van der Waals surface area contributed by atoms with Gasteiger partial charge in [0.1, 0.15) is 54.4 Å². The summed E-state index contributed by atoms with van der Waals surface area (Å²) in [7, 11) is 0. The van der Waals surface area contributed by atoms with E-state index in [1.165, 1.54) is 0 Å². The maximum Gasteiger partial charge on any atom is 0.187 e. The first-order chi connectivity index (χ1) is 25.0. The van der Waals surface area contributed by atoms with E-state index >= 15 is 0 Å². The molecule has 4 heterocycles. The predicted molar refractivity (Wildman–Crippen MR) is 181 cm³/mol. The van der Waals surface area contributed by atoms with Crippen molar-refractivity contribution in [2.45, 2.75) is 170 Å². The molecule has 23 atom stereocenters. The van der Waals surface area contributed by atoms with Crippen molar-refractivity contribution in [2.24, 2.45) is 46.3 Å². The Bertz CT molecular complexity index is 1330. The minimum Gasteiger partial charge on any atom is -0.394 e. The van der Waals surface area contributed by atoms with Crippen molar-refractivity contribution in [1.82, 2.24) is 0 Å². The summed E-state index contributed by atoms with van der Waals surface area (Å²) >= 11 is 0. The molecule has 11 unspecified atom stereocenters. The van der Waals surface area contributed by atoms with Crippen molar-refractivity contribution < 1.29 is 74.4 Å². The van der Waals surface area contributed by atoms with E-state index in [2.05, 4.69) is 20.8 Å². The highest BCUT2D eigenvalue weighted by atomic mass is 16.7. The van der Waals surface area contributed by atoms with Crippen molar-refractivity contribution in [3.63, 3.8) is 0 Å². The van der Waals surface area contributed by atoms with Crippen LogP contribution in [0.25, 0.3) is 0 Å². The van der Waals surface area contributed by atoms with Crippen LogP contribution in [0.3, 0.4) is 0 Å². The Balaban J connectivity index is 1.10. The Morgan fingerprint density at radius 2 is 1.49 bits per heavy atom. The van der Waals surface area contributed by atoms with Crippen molar-refractivity contribution in [2.75, 3.05) is 19.8 Å². The first-order valence-corrected chi connectivity index (χ1v) is 20.0. The number of aliphatic hydroxyl groups excluding tert-OH is 9. The van der Waals surface area contributed by atoms with Gasteiger partial charge in [0.15, 0.2) is 18.4 Å². The van der Waals surface area contributed by atoms with E-state index in [1.807, 2.05) is 6.92 Å². The van der Waals surface area contributed by atoms with E-state index in [4.69, 9.17) is 28.4 Å². The van der Waals surface area contributed by atoms with Gasteiger partial charge in [-0.3, -0.25) is 0 Å². The molecule has 15 nitrogen and oxygen atoms in total. The molecule has 0 amide bonds. The van der Waals surface area contributed by atoms with Crippen molar-refractivity contribution in [3.05, 3.63) is 0 Å². The van der Waals surface area contributed by atoms with E-state index < -0.39 is 97.0 Å². The zero-order chi connectivity index (χ0) is 38.0. The summed E-state index contributed by atoms with van der Waals surface area (Å²) in [5.41, 5.74) is -2.76. The smallest absolute Gasteiger partial charge is 0.187 e. The fourth-order valence-corrected chi connectivity index (χ4v) is 13.1. The van der Waals surface area contributed by atoms with Crippen LogP contribution >= 0.6 is 0 Å². The van der Waals surface area contributed by atoms with Crippen LogP contribution < -0.4 is 0 Å². The molecule has 4 saturated heterocycles. The Kier molecular flexibility index (Phi) is 10.2. The van der Waals surface area contributed by atoms with E-state index in [9.17, 15) is 46.0 Å². The zero-order valence-electron chi connectivity index (χ0n) is 31.2. The maximum atomic E-state index is 12.5. The third-order valence-corrected chi connectivity index (χ3v) is 16.2. The average Bonchev–Trinajstić information content (AvgIpc) is 3.58. The summed E-state index contributed by atoms with van der Waals surface area (Å²) in [5.74, 6) is 0.778. The van der Waals surface area contributed by atoms with Gasteiger partial charge in [-0.2, -0.15) is 0 Å². The summed E-state index contributed by atoms with van der Waals surface area (Å²) in [4.78, 5) is 0. The number of hydrogen-bond acceptors (Lipinski definition) is 15. The van der Waals surface area contributed by atoms with E-state index in [1.54, 1.807) is 0 Å². The predicted octanol–water partition coefficient (Wildman–Crippen LogP) is -0.862. The molecule has 8 rings (SSSR count). The standard InChI is InChI=1S/C38H62O15/c1-16-5-10-38(49-14-16)17(2)26-22(52-38)11-20-18-6-9-37(53-33-30(45)27(42)21(40)15-48-33)32(47)23(50-34-31(46)29(44)28(43)24(13-39)51-34)12-25(41)36(37,4)19(18)7-8-35(20,26)3/h16-34,39-47H,5-15H2,1-4H3/t16?,17?,18?,19?,20?,21-,22?,23-,24+,25+,26?,27-,28+,29-,30+,31+,32-,33+,34+,35?,36?,37?,38?/m0/s1. The lowest BCUT2D eigenvalue weighted by molar-refractivity contribution is -0.392. The lowest BCUT2D eigenvalue weighted by atomic mass is 9.41. The quantitative estimate of drug-likeness (QED) is 0.155. The minimum absolute atomic E-state index is 0.0334. The van der Waals surface area contributed by atoms with Gasteiger partial charge in [0.05, 0.1) is 38.1 Å². The normalized spacial score (nSPS) is 61.0. The molecular weight excluding hydrogens is 696 g/mol. The summed E-state index contributed by atoms with van der Waals surface area (Å²) in [6.45, 7) is 8.54. The molecule has 8 aliphatic rings. The number of aliphatic hydroxyl groups is 9. The molecule has 53 heavy (non-hydrogen) atoms. The van der Waals surface area contributed by atoms with Crippen LogP contribution in [0.4, 0.5) is 0 Å². The molecule has 8 fully saturated rings. The van der Waals surface area contributed by atoms with E-state index in [-0.39, 0.29) is 54.6 Å². The van der Waals surface area contributed by atoms with Crippen LogP contribution in [0.2, 0.25) is 0 Å². The molecule has 0 aromatic heterocycles. The monoisotopic (exact) mass is 758 g/mol. The summed E-state index contributed by atoms with van der Waals surface area (Å²) in [6.07, 6.45) is -12.5. The Morgan fingerprint density at radius 1 is 0.755 bits per heavy atom. The van der Waals surface area contributed by atoms with Crippen LogP contribution in [0.15, 0.2) is 0 Å². The first kappa shape index (κ1) is 39.2. The van der Waals surface area contributed by atoms with Gasteiger partial charge in [0.25, 0.3) is 0 Å². The van der Waals surface area contributed by atoms with Crippen LogP contribution in [-0.4, -0.2) is 157 Å². The summed E-state index contributed by atoms with van der Waals surface area (Å²) in [5, 5.41) is 98.1. The highest BCUT2D eigenvalue weighted by molar-refractivity contribution is 5.22. The van der Waals surface area contributed by atoms with Gasteiger partial charge in [0, 0.05) is 24.2 Å². The van der Waals surface area contributed by atoms with E-state index in [0.717, 1.165) is 32.1 Å². The Hall–Kier alpha value is -0.600. The molecule has 4 aliphatic carbocycles. The lowest BCUT2D eigenvalue weighted by Crippen LogP contribution is -2.76. The molecule has 4 saturated carbocycles. The molecular formula is C38H62O15. The second kappa shape index (κ2) is 13.8. The highest BCUT2D eigenvalue weighted by Crippen LogP contribution is 2.72. The van der Waals surface area contributed by atoms with Gasteiger partial charge >= 0.3 is 0 Å². The molecule has 1 spiro atoms. The van der Waals surface area contributed by atoms with Gasteiger partial charge in [-0.05, 0) is 73.5 Å². The average molecular weight is 759 g/mol. The second-order valence-corrected chi connectivity index (χ2v) is 18.5. The van der Waals surface area contributed by atoms with Crippen molar-refractivity contribution in [1.29, 1.82) is 0 Å². The van der Waals surface area contributed by atoms with Crippen LogP contribution in [0.1, 0.15) is 79.1 Å². The highest BCUT2D eigenvalue weighted by Gasteiger charge is 2.75. The fourth-order valence-electron chi connectivity index (χ4n) is 13.1. The van der Waals surface area contributed by atoms with Crippen LogP contribution in [0, 0.1) is 46.3 Å². The number of rotatable bonds is 5. The molecule has 0 aromatic carbocycles.